The fourth-order valence-corrected chi connectivity index (χ4v) is 2.65. The summed E-state index contributed by atoms with van der Waals surface area (Å²) >= 11 is 5.97. The molecule has 1 aromatic rings. The fraction of sp³-hybridized carbons (Fsp3) is 0.562. The molecule has 4 nitrogen and oxygen atoms in total. The van der Waals surface area contributed by atoms with Crippen molar-refractivity contribution in [3.05, 3.63) is 28.8 Å². The van der Waals surface area contributed by atoms with Crippen LogP contribution < -0.4 is 10.5 Å². The lowest BCUT2D eigenvalue weighted by molar-refractivity contribution is -0.130. The molecule has 0 spiro atoms. The van der Waals surface area contributed by atoms with E-state index in [1.54, 1.807) is 0 Å². The molecule has 1 fully saturated rings. The minimum absolute atomic E-state index is 0.210. The van der Waals surface area contributed by atoms with Crippen molar-refractivity contribution in [2.45, 2.75) is 26.2 Å². The van der Waals surface area contributed by atoms with E-state index in [4.69, 9.17) is 22.1 Å². The summed E-state index contributed by atoms with van der Waals surface area (Å²) in [7, 11) is 0. The molecule has 2 rings (SSSR count). The molecule has 1 saturated heterocycles. The third-order valence-electron chi connectivity index (χ3n) is 3.91. The predicted molar refractivity (Wildman–Crippen MR) is 84.7 cm³/mol. The summed E-state index contributed by atoms with van der Waals surface area (Å²) in [4.78, 5) is 13.9. The number of carbonyl (C=O) groups excluding carboxylic acids is 1. The van der Waals surface area contributed by atoms with Gasteiger partial charge in [-0.3, -0.25) is 4.79 Å². The zero-order valence-electron chi connectivity index (χ0n) is 12.5. The summed E-state index contributed by atoms with van der Waals surface area (Å²) in [5.41, 5.74) is 6.63. The van der Waals surface area contributed by atoms with Crippen molar-refractivity contribution in [1.29, 1.82) is 0 Å². The van der Waals surface area contributed by atoms with E-state index in [1.807, 2.05) is 30.0 Å². The maximum atomic E-state index is 12.0. The number of likely N-dealkylation sites (tertiary alicyclic amines) is 1. The molecular weight excluding hydrogens is 288 g/mol. The maximum Gasteiger partial charge on any atom is 0.222 e. The molecule has 0 aromatic heterocycles. The second kappa shape index (κ2) is 7.66. The minimum atomic E-state index is 0.210. The van der Waals surface area contributed by atoms with E-state index in [1.165, 1.54) is 0 Å². The Morgan fingerprint density at radius 1 is 1.52 bits per heavy atom. The number of hydrogen-bond acceptors (Lipinski definition) is 3. The minimum Gasteiger partial charge on any atom is -0.494 e. The number of amides is 1. The van der Waals surface area contributed by atoms with Crippen molar-refractivity contribution in [3.8, 4) is 5.75 Å². The molecule has 0 aliphatic carbocycles. The highest BCUT2D eigenvalue weighted by atomic mass is 35.5. The van der Waals surface area contributed by atoms with Crippen LogP contribution in [0.1, 0.15) is 24.8 Å². The van der Waals surface area contributed by atoms with Gasteiger partial charge in [-0.15, -0.1) is 0 Å². The lowest BCUT2D eigenvalue weighted by Gasteiger charge is -2.16. The van der Waals surface area contributed by atoms with E-state index in [2.05, 4.69) is 0 Å². The molecule has 1 atom stereocenters. The number of nitrogens with zero attached hydrogens (tertiary/aromatic N) is 1. The first kappa shape index (κ1) is 16.1. The molecule has 0 saturated carbocycles. The topological polar surface area (TPSA) is 55.6 Å². The van der Waals surface area contributed by atoms with E-state index < -0.39 is 0 Å². The number of hydrogen-bond donors (Lipinski definition) is 1. The summed E-state index contributed by atoms with van der Waals surface area (Å²) in [5, 5.41) is 0.737. The first-order valence-corrected chi connectivity index (χ1v) is 7.84. The van der Waals surface area contributed by atoms with Gasteiger partial charge in [-0.1, -0.05) is 11.6 Å². The van der Waals surface area contributed by atoms with Crippen LogP contribution in [0.25, 0.3) is 0 Å². The van der Waals surface area contributed by atoms with Crippen LogP contribution in [0.5, 0.6) is 5.75 Å². The number of benzene rings is 1. The highest BCUT2D eigenvalue weighted by Crippen LogP contribution is 2.21. The fourth-order valence-electron chi connectivity index (χ4n) is 2.53. The number of rotatable bonds is 6. The van der Waals surface area contributed by atoms with Crippen LogP contribution in [-0.4, -0.2) is 37.0 Å². The largest absolute Gasteiger partial charge is 0.494 e. The van der Waals surface area contributed by atoms with E-state index in [0.717, 1.165) is 42.3 Å². The van der Waals surface area contributed by atoms with E-state index in [0.29, 0.717) is 25.5 Å². The van der Waals surface area contributed by atoms with E-state index >= 15 is 0 Å². The highest BCUT2D eigenvalue weighted by Gasteiger charge is 2.24. The summed E-state index contributed by atoms with van der Waals surface area (Å²) in [6, 6.07) is 5.59. The van der Waals surface area contributed by atoms with Gasteiger partial charge in [0, 0.05) is 24.5 Å². The van der Waals surface area contributed by atoms with Crippen LogP contribution in [0.4, 0.5) is 0 Å². The lowest BCUT2D eigenvalue weighted by Crippen LogP contribution is -2.29. The van der Waals surface area contributed by atoms with Crippen molar-refractivity contribution in [3.63, 3.8) is 0 Å². The number of halogens is 1. The van der Waals surface area contributed by atoms with Gasteiger partial charge in [0.05, 0.1) is 6.61 Å². The number of carbonyl (C=O) groups is 1. The van der Waals surface area contributed by atoms with Gasteiger partial charge in [0.15, 0.2) is 0 Å². The summed E-state index contributed by atoms with van der Waals surface area (Å²) in [6.07, 6.45) is 2.29. The van der Waals surface area contributed by atoms with Gasteiger partial charge in [0.25, 0.3) is 0 Å². The number of aryl methyl sites for hydroxylation is 1. The van der Waals surface area contributed by atoms with Crippen molar-refractivity contribution in [2.24, 2.45) is 11.7 Å². The second-order valence-electron chi connectivity index (χ2n) is 5.59. The van der Waals surface area contributed by atoms with E-state index in [9.17, 15) is 4.79 Å². The number of nitrogens with two attached hydrogens (primary N) is 1. The van der Waals surface area contributed by atoms with Gasteiger partial charge in [-0.05, 0) is 56.0 Å². The average Bonchev–Trinajstić information content (AvgIpc) is 2.96. The smallest absolute Gasteiger partial charge is 0.222 e. The van der Waals surface area contributed by atoms with Gasteiger partial charge >= 0.3 is 0 Å². The van der Waals surface area contributed by atoms with Gasteiger partial charge in [-0.2, -0.15) is 0 Å². The molecule has 0 bridgehead atoms. The van der Waals surface area contributed by atoms with Crippen LogP contribution in [0.3, 0.4) is 0 Å². The van der Waals surface area contributed by atoms with Gasteiger partial charge in [-0.25, -0.2) is 0 Å². The molecule has 2 N–H and O–H groups in total. The molecule has 1 aromatic carbocycles. The third-order valence-corrected chi connectivity index (χ3v) is 4.33. The Bertz CT molecular complexity index is 493. The van der Waals surface area contributed by atoms with Gasteiger partial charge < -0.3 is 15.4 Å². The van der Waals surface area contributed by atoms with Crippen molar-refractivity contribution in [2.75, 3.05) is 26.2 Å². The lowest BCUT2D eigenvalue weighted by atomic mass is 10.1. The molecule has 21 heavy (non-hydrogen) atoms. The average molecular weight is 311 g/mol. The Hall–Kier alpha value is -1.26. The molecule has 116 valence electrons. The Kier molecular flexibility index (Phi) is 5.88. The molecule has 1 aliphatic rings. The van der Waals surface area contributed by atoms with Gasteiger partial charge in [0.2, 0.25) is 5.91 Å². The standard InChI is InChI=1S/C16H23ClN2O2/c1-12-9-14(4-5-15(12)17)21-8-2-3-16(20)19-7-6-13(10-18)11-19/h4-5,9,13H,2-3,6-8,10-11,18H2,1H3/t13-/m0/s1. The first-order chi connectivity index (χ1) is 10.1. The normalized spacial score (nSPS) is 18.0. The van der Waals surface area contributed by atoms with Crippen LogP contribution in [0.15, 0.2) is 18.2 Å². The summed E-state index contributed by atoms with van der Waals surface area (Å²) < 4.78 is 5.65. The maximum absolute atomic E-state index is 12.0. The van der Waals surface area contributed by atoms with Crippen molar-refractivity contribution in [1.82, 2.24) is 4.90 Å². The monoisotopic (exact) mass is 310 g/mol. The summed E-state index contributed by atoms with van der Waals surface area (Å²) in [5.74, 6) is 1.48. The molecule has 1 amide bonds. The van der Waals surface area contributed by atoms with Gasteiger partial charge in [0.1, 0.15) is 5.75 Å². The molecule has 0 unspecified atom stereocenters. The molecule has 1 aliphatic heterocycles. The molecule has 0 radical (unpaired) electrons. The summed E-state index contributed by atoms with van der Waals surface area (Å²) in [6.45, 7) is 4.81. The van der Waals surface area contributed by atoms with Crippen LogP contribution >= 0.6 is 11.6 Å². The van der Waals surface area contributed by atoms with Crippen molar-refractivity contribution < 1.29 is 9.53 Å². The molecule has 5 heteroatoms. The van der Waals surface area contributed by atoms with Crippen LogP contribution in [0, 0.1) is 12.8 Å². The highest BCUT2D eigenvalue weighted by molar-refractivity contribution is 6.31. The zero-order chi connectivity index (χ0) is 15.2. The number of ether oxygens (including phenoxy) is 1. The van der Waals surface area contributed by atoms with Crippen molar-refractivity contribution >= 4 is 17.5 Å². The Labute approximate surface area is 131 Å². The third kappa shape index (κ3) is 4.61. The Morgan fingerprint density at radius 2 is 2.33 bits per heavy atom. The first-order valence-electron chi connectivity index (χ1n) is 7.47. The Balaban J connectivity index is 1.67. The SMILES string of the molecule is Cc1cc(OCCCC(=O)N2CC[C@@H](CN)C2)ccc1Cl. The Morgan fingerprint density at radius 3 is 3.00 bits per heavy atom. The zero-order valence-corrected chi connectivity index (χ0v) is 13.2. The second-order valence-corrected chi connectivity index (χ2v) is 6.00. The van der Waals surface area contributed by atoms with E-state index in [-0.39, 0.29) is 5.91 Å². The predicted octanol–water partition coefficient (Wildman–Crippen LogP) is 2.61. The quantitative estimate of drug-likeness (QED) is 0.822. The molecular formula is C16H23ClN2O2. The van der Waals surface area contributed by atoms with Crippen LogP contribution in [0.2, 0.25) is 5.02 Å². The molecule has 1 heterocycles. The van der Waals surface area contributed by atoms with Crippen LogP contribution in [-0.2, 0) is 4.79 Å².